The maximum absolute atomic E-state index is 7.71. The zero-order chi connectivity index (χ0) is 15.1. The summed E-state index contributed by atoms with van der Waals surface area (Å²) in [5.74, 6) is 0. The lowest BCUT2D eigenvalue weighted by atomic mass is 9.98. The van der Waals surface area contributed by atoms with Gasteiger partial charge in [-0.3, -0.25) is 0 Å². The van der Waals surface area contributed by atoms with Gasteiger partial charge in [0.05, 0.1) is 0 Å². The Balaban J connectivity index is 2.83. The molecule has 0 bridgehead atoms. The van der Waals surface area contributed by atoms with Gasteiger partial charge in [-0.05, 0) is 38.0 Å². The highest BCUT2D eigenvalue weighted by atomic mass is 14.9. The third-order valence-electron chi connectivity index (χ3n) is 3.40. The first-order chi connectivity index (χ1) is 9.23. The van der Waals surface area contributed by atoms with Crippen molar-refractivity contribution in [1.82, 2.24) is 0 Å². The molecule has 1 heterocycles. The second-order valence-electron chi connectivity index (χ2n) is 4.56. The van der Waals surface area contributed by atoms with Crippen LogP contribution in [0.1, 0.15) is 26.5 Å². The molecule has 0 aliphatic carbocycles. The fraction of sp³-hybridized carbons (Fsp3) is 0.312. The summed E-state index contributed by atoms with van der Waals surface area (Å²) >= 11 is 0. The van der Waals surface area contributed by atoms with Crippen LogP contribution < -0.4 is 4.57 Å². The second kappa shape index (κ2) is 4.33. The summed E-state index contributed by atoms with van der Waals surface area (Å²) in [6.45, 7) is 3.95. The lowest BCUT2D eigenvalue weighted by Crippen LogP contribution is -2.36. The van der Waals surface area contributed by atoms with Crippen molar-refractivity contribution < 1.29 is 8.68 Å². The van der Waals surface area contributed by atoms with Crippen LogP contribution in [-0.4, -0.2) is 0 Å². The molecule has 0 aliphatic heterocycles. The van der Waals surface area contributed by atoms with E-state index in [-0.39, 0.29) is 0 Å². The standard InChI is InChI=1S/C16H20N/c1-11-8-6-7-9-15(11)16-14(4)12(2)10-13(3)17(16)5/h6-10H,1-5H3/q+1/i3D3. The molecule has 1 aromatic heterocycles. The summed E-state index contributed by atoms with van der Waals surface area (Å²) in [6.07, 6.45) is 0. The molecule has 0 saturated carbocycles. The van der Waals surface area contributed by atoms with Gasteiger partial charge < -0.3 is 0 Å². The van der Waals surface area contributed by atoms with Gasteiger partial charge in [0.25, 0.3) is 0 Å². The first-order valence-electron chi connectivity index (χ1n) is 7.30. The van der Waals surface area contributed by atoms with E-state index >= 15 is 0 Å². The average Bonchev–Trinajstić information content (AvgIpc) is 2.35. The van der Waals surface area contributed by atoms with Crippen LogP contribution in [0.4, 0.5) is 0 Å². The molecule has 1 aromatic carbocycles. The fourth-order valence-electron chi connectivity index (χ4n) is 2.19. The highest BCUT2D eigenvalue weighted by Crippen LogP contribution is 2.25. The molecule has 0 radical (unpaired) electrons. The van der Waals surface area contributed by atoms with Gasteiger partial charge in [0.1, 0.15) is 7.05 Å². The van der Waals surface area contributed by atoms with E-state index in [0.717, 1.165) is 27.9 Å². The van der Waals surface area contributed by atoms with E-state index in [0.29, 0.717) is 5.69 Å². The molecule has 0 fully saturated rings. The van der Waals surface area contributed by atoms with Gasteiger partial charge in [-0.15, -0.1) is 0 Å². The molecule has 0 atom stereocenters. The molecule has 17 heavy (non-hydrogen) atoms. The molecule has 2 rings (SSSR count). The third kappa shape index (κ3) is 1.97. The van der Waals surface area contributed by atoms with E-state index in [1.165, 1.54) is 0 Å². The van der Waals surface area contributed by atoms with Crippen LogP contribution in [0.25, 0.3) is 11.3 Å². The lowest BCUT2D eigenvalue weighted by Gasteiger charge is -2.10. The molecule has 0 spiro atoms. The largest absolute Gasteiger partial charge is 0.215 e. The Bertz CT molecular complexity index is 658. The summed E-state index contributed by atoms with van der Waals surface area (Å²) in [5.41, 5.74) is 5.71. The van der Waals surface area contributed by atoms with E-state index in [9.17, 15) is 0 Å². The molecule has 88 valence electrons. The number of hydrogen-bond acceptors (Lipinski definition) is 0. The molecule has 0 N–H and O–H groups in total. The topological polar surface area (TPSA) is 3.88 Å². The van der Waals surface area contributed by atoms with Crippen LogP contribution in [-0.2, 0) is 7.05 Å². The summed E-state index contributed by atoms with van der Waals surface area (Å²) < 4.78 is 24.9. The molecule has 2 aromatic rings. The van der Waals surface area contributed by atoms with Crippen molar-refractivity contribution in [3.63, 3.8) is 0 Å². The molecular weight excluding hydrogens is 206 g/mol. The minimum Gasteiger partial charge on any atom is -0.198 e. The Kier molecular flexibility index (Phi) is 2.15. The predicted molar refractivity (Wildman–Crippen MR) is 72.0 cm³/mol. The first-order valence-corrected chi connectivity index (χ1v) is 5.80. The SMILES string of the molecule is [2H]C([2H])([2H])c1cc(C)c(C)c(-c2ccccc2C)[n+]1C. The maximum atomic E-state index is 7.71. The van der Waals surface area contributed by atoms with Crippen LogP contribution in [0.3, 0.4) is 0 Å². The predicted octanol–water partition coefficient (Wildman–Crippen LogP) is 3.41. The van der Waals surface area contributed by atoms with Crippen LogP contribution in [0, 0.1) is 27.6 Å². The Morgan fingerprint density at radius 2 is 1.76 bits per heavy atom. The number of benzene rings is 1. The quantitative estimate of drug-likeness (QED) is 0.660. The van der Waals surface area contributed by atoms with Crippen LogP contribution in [0.15, 0.2) is 30.3 Å². The summed E-state index contributed by atoms with van der Waals surface area (Å²) in [5, 5.41) is 0. The van der Waals surface area contributed by atoms with Gasteiger partial charge in [0.15, 0.2) is 5.69 Å². The van der Waals surface area contributed by atoms with Crippen LogP contribution in [0.5, 0.6) is 0 Å². The van der Waals surface area contributed by atoms with Crippen molar-refractivity contribution in [2.24, 2.45) is 7.05 Å². The molecule has 1 nitrogen and oxygen atoms in total. The van der Waals surface area contributed by atoms with Crippen LogP contribution >= 0.6 is 0 Å². The van der Waals surface area contributed by atoms with Crippen molar-refractivity contribution in [3.8, 4) is 11.3 Å². The summed E-state index contributed by atoms with van der Waals surface area (Å²) in [4.78, 5) is 0. The number of aryl methyl sites for hydroxylation is 3. The van der Waals surface area contributed by atoms with E-state index in [1.807, 2.05) is 52.1 Å². The minimum absolute atomic E-state index is 0.374. The van der Waals surface area contributed by atoms with E-state index in [2.05, 4.69) is 0 Å². The smallest absolute Gasteiger partial charge is 0.198 e. The van der Waals surface area contributed by atoms with Gasteiger partial charge in [0.2, 0.25) is 5.69 Å². The molecule has 1 heteroatoms. The Morgan fingerprint density at radius 3 is 2.41 bits per heavy atom. The molecular formula is C16H20N+. The Morgan fingerprint density at radius 1 is 1.06 bits per heavy atom. The van der Waals surface area contributed by atoms with Crippen molar-refractivity contribution >= 4 is 0 Å². The normalized spacial score (nSPS) is 14.0. The summed E-state index contributed by atoms with van der Waals surface area (Å²) in [7, 11) is 1.83. The van der Waals surface area contributed by atoms with Gasteiger partial charge in [0, 0.05) is 28.2 Å². The minimum atomic E-state index is -2.11. The molecule has 0 saturated heterocycles. The van der Waals surface area contributed by atoms with Gasteiger partial charge in [-0.2, -0.15) is 4.57 Å². The van der Waals surface area contributed by atoms with E-state index in [1.54, 1.807) is 10.6 Å². The molecule has 0 aliphatic rings. The van der Waals surface area contributed by atoms with Crippen molar-refractivity contribution in [1.29, 1.82) is 0 Å². The Hall–Kier alpha value is -1.63. The van der Waals surface area contributed by atoms with Gasteiger partial charge >= 0.3 is 0 Å². The number of hydrogen-bond donors (Lipinski definition) is 0. The lowest BCUT2D eigenvalue weighted by molar-refractivity contribution is -0.667. The Labute approximate surface area is 108 Å². The van der Waals surface area contributed by atoms with Crippen molar-refractivity contribution in [2.45, 2.75) is 27.6 Å². The van der Waals surface area contributed by atoms with E-state index < -0.39 is 6.85 Å². The zero-order valence-electron chi connectivity index (χ0n) is 13.8. The molecule has 0 amide bonds. The first kappa shape index (κ1) is 8.46. The number of rotatable bonds is 1. The zero-order valence-corrected chi connectivity index (χ0v) is 10.8. The highest BCUT2D eigenvalue weighted by Gasteiger charge is 2.19. The fourth-order valence-corrected chi connectivity index (χ4v) is 2.19. The average molecular weight is 229 g/mol. The molecule has 0 unspecified atom stereocenters. The van der Waals surface area contributed by atoms with Gasteiger partial charge in [-0.25, -0.2) is 0 Å². The van der Waals surface area contributed by atoms with Gasteiger partial charge in [-0.1, -0.05) is 18.2 Å². The number of aromatic nitrogens is 1. The summed E-state index contributed by atoms with van der Waals surface area (Å²) in [6, 6.07) is 9.84. The van der Waals surface area contributed by atoms with Crippen molar-refractivity contribution in [2.75, 3.05) is 0 Å². The monoisotopic (exact) mass is 229 g/mol. The third-order valence-corrected chi connectivity index (χ3v) is 3.40. The second-order valence-corrected chi connectivity index (χ2v) is 4.56. The maximum Gasteiger partial charge on any atom is 0.215 e. The number of pyridine rings is 1. The van der Waals surface area contributed by atoms with Crippen LogP contribution in [0.2, 0.25) is 0 Å². The van der Waals surface area contributed by atoms with Crippen molar-refractivity contribution in [3.05, 3.63) is 52.7 Å². The van der Waals surface area contributed by atoms with E-state index in [4.69, 9.17) is 4.11 Å². The number of nitrogens with zero attached hydrogens (tertiary/aromatic N) is 1. The highest BCUT2D eigenvalue weighted by molar-refractivity contribution is 5.65.